The molecule has 0 saturated carbocycles. The summed E-state index contributed by atoms with van der Waals surface area (Å²) in [5.41, 5.74) is 2.50. The standard InChI is InChI=1S/C20H21N5O3/c1-12(2)21-20(27)24-17-10-8-16(9-11-17)23-18(26)14-4-6-15(7-5-14)19-22-13(3)25-28-19/h4-12H,1-3H3,(H,23,26)(H2,21,24,27). The third kappa shape index (κ3) is 4.94. The Kier molecular flexibility index (Phi) is 5.69. The number of aryl methyl sites for hydroxylation is 1. The van der Waals surface area contributed by atoms with Gasteiger partial charge in [-0.1, -0.05) is 5.16 Å². The highest BCUT2D eigenvalue weighted by Gasteiger charge is 2.10. The minimum absolute atomic E-state index is 0.0498. The number of anilines is 2. The maximum Gasteiger partial charge on any atom is 0.319 e. The molecule has 0 atom stereocenters. The van der Waals surface area contributed by atoms with Crippen LogP contribution in [0.15, 0.2) is 53.1 Å². The molecular weight excluding hydrogens is 358 g/mol. The van der Waals surface area contributed by atoms with Gasteiger partial charge in [0.1, 0.15) is 0 Å². The number of aromatic nitrogens is 2. The highest BCUT2D eigenvalue weighted by atomic mass is 16.5. The van der Waals surface area contributed by atoms with Crippen LogP contribution in [0.4, 0.5) is 16.2 Å². The smallest absolute Gasteiger partial charge is 0.319 e. The van der Waals surface area contributed by atoms with Crippen molar-refractivity contribution in [3.63, 3.8) is 0 Å². The highest BCUT2D eigenvalue weighted by molar-refractivity contribution is 6.04. The number of nitrogens with zero attached hydrogens (tertiary/aromatic N) is 2. The van der Waals surface area contributed by atoms with Crippen LogP contribution in [0.3, 0.4) is 0 Å². The number of carbonyl (C=O) groups excluding carboxylic acids is 2. The van der Waals surface area contributed by atoms with E-state index in [0.29, 0.717) is 28.7 Å². The van der Waals surface area contributed by atoms with Crippen molar-refractivity contribution in [2.24, 2.45) is 0 Å². The van der Waals surface area contributed by atoms with Crippen LogP contribution in [0, 0.1) is 6.92 Å². The lowest BCUT2D eigenvalue weighted by Gasteiger charge is -2.11. The van der Waals surface area contributed by atoms with Crippen molar-refractivity contribution < 1.29 is 14.1 Å². The Labute approximate surface area is 162 Å². The summed E-state index contributed by atoms with van der Waals surface area (Å²) in [6.07, 6.45) is 0. The van der Waals surface area contributed by atoms with Crippen LogP contribution in [-0.4, -0.2) is 28.1 Å². The second-order valence-electron chi connectivity index (χ2n) is 6.51. The predicted octanol–water partition coefficient (Wildman–Crippen LogP) is 3.83. The quantitative estimate of drug-likeness (QED) is 0.624. The molecule has 8 heteroatoms. The van der Waals surface area contributed by atoms with Gasteiger partial charge in [0.05, 0.1) is 0 Å². The van der Waals surface area contributed by atoms with Gasteiger partial charge in [-0.25, -0.2) is 4.79 Å². The molecule has 0 fully saturated rings. The first-order valence-electron chi connectivity index (χ1n) is 8.80. The van der Waals surface area contributed by atoms with E-state index < -0.39 is 0 Å². The van der Waals surface area contributed by atoms with E-state index in [1.165, 1.54) is 0 Å². The van der Waals surface area contributed by atoms with Gasteiger partial charge in [0, 0.05) is 28.5 Å². The summed E-state index contributed by atoms with van der Waals surface area (Å²) in [7, 11) is 0. The number of nitrogens with one attached hydrogen (secondary N) is 3. The van der Waals surface area contributed by atoms with Gasteiger partial charge in [-0.3, -0.25) is 4.79 Å². The first-order chi connectivity index (χ1) is 13.4. The number of benzene rings is 2. The molecule has 0 radical (unpaired) electrons. The molecule has 0 bridgehead atoms. The molecule has 3 rings (SSSR count). The van der Waals surface area contributed by atoms with Crippen molar-refractivity contribution in [2.45, 2.75) is 26.8 Å². The van der Waals surface area contributed by atoms with E-state index in [4.69, 9.17) is 4.52 Å². The number of amides is 3. The molecule has 0 aliphatic heterocycles. The zero-order valence-corrected chi connectivity index (χ0v) is 15.8. The Morgan fingerprint density at radius 1 is 0.929 bits per heavy atom. The van der Waals surface area contributed by atoms with Crippen LogP contribution in [0.2, 0.25) is 0 Å². The lowest BCUT2D eigenvalue weighted by Crippen LogP contribution is -2.34. The highest BCUT2D eigenvalue weighted by Crippen LogP contribution is 2.19. The number of rotatable bonds is 5. The van der Waals surface area contributed by atoms with E-state index in [1.807, 2.05) is 13.8 Å². The molecule has 0 saturated heterocycles. The number of hydrogen-bond acceptors (Lipinski definition) is 5. The number of urea groups is 1. The molecule has 3 N–H and O–H groups in total. The predicted molar refractivity (Wildman–Crippen MR) is 106 cm³/mol. The monoisotopic (exact) mass is 379 g/mol. The maximum absolute atomic E-state index is 12.4. The van der Waals surface area contributed by atoms with Gasteiger partial charge in [0.2, 0.25) is 0 Å². The second-order valence-corrected chi connectivity index (χ2v) is 6.51. The number of hydrogen-bond donors (Lipinski definition) is 3. The summed E-state index contributed by atoms with van der Waals surface area (Å²) in [6.45, 7) is 5.51. The largest absolute Gasteiger partial charge is 0.336 e. The van der Waals surface area contributed by atoms with E-state index in [0.717, 1.165) is 5.56 Å². The molecule has 3 aromatic rings. The maximum atomic E-state index is 12.4. The summed E-state index contributed by atoms with van der Waals surface area (Å²) in [6, 6.07) is 13.5. The van der Waals surface area contributed by atoms with Gasteiger partial charge in [0.25, 0.3) is 11.8 Å². The summed E-state index contributed by atoms with van der Waals surface area (Å²) in [5.74, 6) is 0.719. The molecule has 1 heterocycles. The van der Waals surface area contributed by atoms with Crippen LogP contribution in [0.5, 0.6) is 0 Å². The molecular formula is C20H21N5O3. The van der Waals surface area contributed by atoms with Crippen molar-refractivity contribution in [1.82, 2.24) is 15.5 Å². The fraction of sp³-hybridized carbons (Fsp3) is 0.200. The Hall–Kier alpha value is -3.68. The van der Waals surface area contributed by atoms with Crippen molar-refractivity contribution in [3.8, 4) is 11.5 Å². The Bertz CT molecular complexity index is 962. The molecule has 0 aliphatic rings. The molecule has 28 heavy (non-hydrogen) atoms. The van der Waals surface area contributed by atoms with Crippen LogP contribution < -0.4 is 16.0 Å². The lowest BCUT2D eigenvalue weighted by molar-refractivity contribution is 0.102. The normalized spacial score (nSPS) is 10.6. The van der Waals surface area contributed by atoms with Gasteiger partial charge >= 0.3 is 6.03 Å². The van der Waals surface area contributed by atoms with E-state index in [9.17, 15) is 9.59 Å². The summed E-state index contributed by atoms with van der Waals surface area (Å²) >= 11 is 0. The molecule has 3 amide bonds. The third-order valence-electron chi connectivity index (χ3n) is 3.74. The van der Waals surface area contributed by atoms with E-state index in [1.54, 1.807) is 55.5 Å². The molecule has 8 nitrogen and oxygen atoms in total. The summed E-state index contributed by atoms with van der Waals surface area (Å²) < 4.78 is 5.11. The molecule has 1 aromatic heterocycles. The average Bonchev–Trinajstić information content (AvgIpc) is 3.09. The van der Waals surface area contributed by atoms with E-state index in [-0.39, 0.29) is 18.0 Å². The first-order valence-corrected chi connectivity index (χ1v) is 8.80. The summed E-state index contributed by atoms with van der Waals surface area (Å²) in [5, 5.41) is 12.0. The SMILES string of the molecule is Cc1noc(-c2ccc(C(=O)Nc3ccc(NC(=O)NC(C)C)cc3)cc2)n1. The summed E-state index contributed by atoms with van der Waals surface area (Å²) in [4.78, 5) is 28.3. The van der Waals surface area contributed by atoms with Crippen molar-refractivity contribution in [3.05, 3.63) is 59.9 Å². The number of carbonyl (C=O) groups is 2. The molecule has 0 aliphatic carbocycles. The van der Waals surface area contributed by atoms with Gasteiger partial charge in [-0.05, 0) is 69.3 Å². The third-order valence-corrected chi connectivity index (χ3v) is 3.74. The molecule has 0 spiro atoms. The van der Waals surface area contributed by atoms with Gasteiger partial charge in [0.15, 0.2) is 5.82 Å². The topological polar surface area (TPSA) is 109 Å². The van der Waals surface area contributed by atoms with Crippen LogP contribution >= 0.6 is 0 Å². The Morgan fingerprint density at radius 2 is 1.54 bits per heavy atom. The van der Waals surface area contributed by atoms with Crippen molar-refractivity contribution in [1.29, 1.82) is 0 Å². The Balaban J connectivity index is 1.60. The zero-order valence-electron chi connectivity index (χ0n) is 15.8. The van der Waals surface area contributed by atoms with Crippen LogP contribution in [0.25, 0.3) is 11.5 Å². The Morgan fingerprint density at radius 3 is 2.07 bits per heavy atom. The molecule has 144 valence electrons. The fourth-order valence-corrected chi connectivity index (χ4v) is 2.45. The van der Waals surface area contributed by atoms with Gasteiger partial charge in [-0.2, -0.15) is 4.98 Å². The average molecular weight is 379 g/mol. The zero-order chi connectivity index (χ0) is 20.1. The lowest BCUT2D eigenvalue weighted by atomic mass is 10.1. The minimum Gasteiger partial charge on any atom is -0.336 e. The van der Waals surface area contributed by atoms with E-state index in [2.05, 4.69) is 26.1 Å². The van der Waals surface area contributed by atoms with Crippen LogP contribution in [0.1, 0.15) is 30.0 Å². The van der Waals surface area contributed by atoms with E-state index >= 15 is 0 Å². The van der Waals surface area contributed by atoms with Crippen LogP contribution in [-0.2, 0) is 0 Å². The van der Waals surface area contributed by atoms with Crippen molar-refractivity contribution in [2.75, 3.05) is 10.6 Å². The fourth-order valence-electron chi connectivity index (χ4n) is 2.45. The van der Waals surface area contributed by atoms with Gasteiger partial charge < -0.3 is 20.5 Å². The molecule has 2 aromatic carbocycles. The van der Waals surface area contributed by atoms with Gasteiger partial charge in [-0.15, -0.1) is 0 Å². The first kappa shape index (κ1) is 19.1. The second kappa shape index (κ2) is 8.34. The van der Waals surface area contributed by atoms with Crippen molar-refractivity contribution >= 4 is 23.3 Å². The minimum atomic E-state index is -0.275. The molecule has 0 unspecified atom stereocenters.